The number of carbonyl (C=O) groups excluding carboxylic acids is 1. The van der Waals surface area contributed by atoms with Gasteiger partial charge in [0, 0.05) is 18.0 Å². The van der Waals surface area contributed by atoms with E-state index in [9.17, 15) is 31.1 Å². The Hall–Kier alpha value is -3.57. The second-order valence-electron chi connectivity index (χ2n) is 7.05. The lowest BCUT2D eigenvalue weighted by Gasteiger charge is -2.15. The van der Waals surface area contributed by atoms with Crippen LogP contribution in [0, 0.1) is 0 Å². The number of aromatic nitrogens is 4. The number of aryl methyl sites for hydroxylation is 1. The van der Waals surface area contributed by atoms with Gasteiger partial charge < -0.3 is 5.32 Å². The Kier molecular flexibility index (Phi) is 5.31. The lowest BCUT2D eigenvalue weighted by molar-refractivity contribution is -0.142. The molecule has 0 saturated heterocycles. The van der Waals surface area contributed by atoms with Crippen molar-refractivity contribution >= 4 is 5.91 Å². The predicted octanol–water partition coefficient (Wildman–Crippen LogP) is 4.39. The molecule has 6 nitrogen and oxygen atoms in total. The molecule has 0 aliphatic heterocycles. The third-order valence-electron chi connectivity index (χ3n) is 4.91. The van der Waals surface area contributed by atoms with Gasteiger partial charge in [0.25, 0.3) is 5.91 Å². The molecular weight excluding hydrogens is 440 g/mol. The van der Waals surface area contributed by atoms with Gasteiger partial charge in [-0.3, -0.25) is 19.7 Å². The SMILES string of the molecule is O=C(NC1CCc2cnc(-c3ccnc(C(F)(F)F)c3)cc21)c1cncc(C(F)(F)F)n1. The van der Waals surface area contributed by atoms with Gasteiger partial charge in [-0.25, -0.2) is 4.98 Å². The van der Waals surface area contributed by atoms with Crippen molar-refractivity contribution in [3.63, 3.8) is 0 Å². The summed E-state index contributed by atoms with van der Waals surface area (Å²) in [6.07, 6.45) is -4.40. The van der Waals surface area contributed by atoms with E-state index in [1.807, 2.05) is 0 Å². The van der Waals surface area contributed by atoms with Crippen LogP contribution in [-0.4, -0.2) is 25.8 Å². The van der Waals surface area contributed by atoms with Gasteiger partial charge in [0.15, 0.2) is 5.69 Å². The van der Waals surface area contributed by atoms with E-state index in [2.05, 4.69) is 25.3 Å². The first-order valence-electron chi connectivity index (χ1n) is 9.25. The van der Waals surface area contributed by atoms with Crippen LogP contribution >= 0.6 is 0 Å². The van der Waals surface area contributed by atoms with Crippen molar-refractivity contribution in [1.29, 1.82) is 0 Å². The lowest BCUT2D eigenvalue weighted by Crippen LogP contribution is -2.28. The van der Waals surface area contributed by atoms with Crippen LogP contribution in [0.5, 0.6) is 0 Å². The van der Waals surface area contributed by atoms with Crippen molar-refractivity contribution in [3.05, 3.63) is 71.2 Å². The number of alkyl halides is 6. The molecule has 12 heteroatoms. The van der Waals surface area contributed by atoms with Gasteiger partial charge in [0.05, 0.1) is 24.1 Å². The maximum absolute atomic E-state index is 13.0. The highest BCUT2D eigenvalue weighted by molar-refractivity contribution is 5.92. The number of amides is 1. The molecule has 3 aromatic heterocycles. The summed E-state index contributed by atoms with van der Waals surface area (Å²) in [5.74, 6) is -0.844. The molecule has 32 heavy (non-hydrogen) atoms. The molecular formula is C20H13F6N5O. The lowest BCUT2D eigenvalue weighted by atomic mass is 10.0. The van der Waals surface area contributed by atoms with E-state index in [0.717, 1.165) is 24.0 Å². The maximum Gasteiger partial charge on any atom is 0.434 e. The molecule has 1 amide bonds. The fourth-order valence-corrected chi connectivity index (χ4v) is 3.38. The fraction of sp³-hybridized carbons (Fsp3) is 0.250. The van der Waals surface area contributed by atoms with Crippen LogP contribution in [0.25, 0.3) is 11.3 Å². The zero-order chi connectivity index (χ0) is 23.1. The average Bonchev–Trinajstić information content (AvgIpc) is 3.14. The summed E-state index contributed by atoms with van der Waals surface area (Å²) >= 11 is 0. The van der Waals surface area contributed by atoms with Crippen LogP contribution in [0.4, 0.5) is 26.3 Å². The van der Waals surface area contributed by atoms with Crippen LogP contribution in [0.1, 0.15) is 45.5 Å². The van der Waals surface area contributed by atoms with Crippen molar-refractivity contribution < 1.29 is 31.1 Å². The number of pyridine rings is 2. The van der Waals surface area contributed by atoms with E-state index in [-0.39, 0.29) is 11.3 Å². The van der Waals surface area contributed by atoms with Gasteiger partial charge >= 0.3 is 12.4 Å². The molecule has 1 atom stereocenters. The van der Waals surface area contributed by atoms with Crippen LogP contribution in [0.15, 0.2) is 43.0 Å². The van der Waals surface area contributed by atoms with Crippen LogP contribution < -0.4 is 5.32 Å². The number of nitrogens with zero attached hydrogens (tertiary/aromatic N) is 4. The number of hydrogen-bond donors (Lipinski definition) is 1. The summed E-state index contributed by atoms with van der Waals surface area (Å²) < 4.78 is 77.4. The smallest absolute Gasteiger partial charge is 0.344 e. The highest BCUT2D eigenvalue weighted by Crippen LogP contribution is 2.35. The Morgan fingerprint density at radius 1 is 0.969 bits per heavy atom. The van der Waals surface area contributed by atoms with E-state index < -0.39 is 41.4 Å². The van der Waals surface area contributed by atoms with Crippen molar-refractivity contribution in [1.82, 2.24) is 25.3 Å². The van der Waals surface area contributed by atoms with Gasteiger partial charge in [0.2, 0.25) is 0 Å². The Morgan fingerprint density at radius 3 is 2.44 bits per heavy atom. The summed E-state index contributed by atoms with van der Waals surface area (Å²) in [6.45, 7) is 0. The molecule has 0 aromatic carbocycles. The minimum absolute atomic E-state index is 0.191. The minimum Gasteiger partial charge on any atom is -0.344 e. The maximum atomic E-state index is 13.0. The molecule has 1 unspecified atom stereocenters. The second-order valence-corrected chi connectivity index (χ2v) is 7.05. The van der Waals surface area contributed by atoms with Crippen molar-refractivity contribution in [3.8, 4) is 11.3 Å². The second kappa shape index (κ2) is 7.84. The monoisotopic (exact) mass is 453 g/mol. The summed E-state index contributed by atoms with van der Waals surface area (Å²) in [7, 11) is 0. The van der Waals surface area contributed by atoms with Crippen LogP contribution in [0.3, 0.4) is 0 Å². The van der Waals surface area contributed by atoms with Crippen LogP contribution in [-0.2, 0) is 18.8 Å². The first-order chi connectivity index (χ1) is 15.0. The number of carbonyl (C=O) groups is 1. The molecule has 4 rings (SSSR count). The standard InChI is InChI=1S/C20H13F6N5O/c21-19(22,23)16-5-10(3-4-28-16)14-6-12-11(7-29-14)1-2-13(12)31-18(32)15-8-27-9-17(30-15)20(24,25)26/h3-9,13H,1-2H2,(H,31,32). The highest BCUT2D eigenvalue weighted by Gasteiger charge is 2.35. The number of rotatable bonds is 3. The third-order valence-corrected chi connectivity index (χ3v) is 4.91. The number of nitrogens with one attached hydrogen (secondary N) is 1. The summed E-state index contributed by atoms with van der Waals surface area (Å²) in [4.78, 5) is 26.7. The summed E-state index contributed by atoms with van der Waals surface area (Å²) in [5, 5.41) is 2.62. The third kappa shape index (κ3) is 4.39. The van der Waals surface area contributed by atoms with Gasteiger partial charge in [-0.2, -0.15) is 26.3 Å². The first-order valence-corrected chi connectivity index (χ1v) is 9.25. The molecule has 3 aromatic rings. The van der Waals surface area contributed by atoms with E-state index in [1.54, 1.807) is 6.07 Å². The molecule has 166 valence electrons. The molecule has 1 aliphatic rings. The van der Waals surface area contributed by atoms with Crippen molar-refractivity contribution in [2.24, 2.45) is 0 Å². The topological polar surface area (TPSA) is 80.7 Å². The normalized spacial score (nSPS) is 16.0. The molecule has 0 fully saturated rings. The quantitative estimate of drug-likeness (QED) is 0.595. The number of fused-ring (bicyclic) bond motifs is 1. The zero-order valence-corrected chi connectivity index (χ0v) is 16.0. The number of halogens is 6. The van der Waals surface area contributed by atoms with Crippen molar-refractivity contribution in [2.75, 3.05) is 0 Å². The largest absolute Gasteiger partial charge is 0.434 e. The van der Waals surface area contributed by atoms with Crippen molar-refractivity contribution in [2.45, 2.75) is 31.2 Å². The summed E-state index contributed by atoms with van der Waals surface area (Å²) in [5.41, 5.74) is -1.01. The molecule has 1 aliphatic carbocycles. The average molecular weight is 453 g/mol. The van der Waals surface area contributed by atoms with E-state index in [0.29, 0.717) is 24.6 Å². The van der Waals surface area contributed by atoms with E-state index >= 15 is 0 Å². The van der Waals surface area contributed by atoms with Crippen LogP contribution in [0.2, 0.25) is 0 Å². The summed E-state index contributed by atoms with van der Waals surface area (Å²) in [6, 6.07) is 3.24. The fourth-order valence-electron chi connectivity index (χ4n) is 3.38. The molecule has 0 radical (unpaired) electrons. The molecule has 1 N–H and O–H groups in total. The Labute approximate surface area is 176 Å². The zero-order valence-electron chi connectivity index (χ0n) is 16.0. The van der Waals surface area contributed by atoms with E-state index in [4.69, 9.17) is 0 Å². The Morgan fingerprint density at radius 2 is 1.72 bits per heavy atom. The molecule has 0 spiro atoms. The molecule has 0 saturated carbocycles. The number of hydrogen-bond acceptors (Lipinski definition) is 5. The Balaban J connectivity index is 1.59. The highest BCUT2D eigenvalue weighted by atomic mass is 19.4. The molecule has 0 bridgehead atoms. The Bertz CT molecular complexity index is 1180. The van der Waals surface area contributed by atoms with E-state index in [1.165, 1.54) is 12.3 Å². The van der Waals surface area contributed by atoms with Gasteiger partial charge in [-0.15, -0.1) is 0 Å². The van der Waals surface area contributed by atoms with Gasteiger partial charge in [-0.1, -0.05) is 0 Å². The predicted molar refractivity (Wildman–Crippen MR) is 98.0 cm³/mol. The first kappa shape index (κ1) is 21.7. The minimum atomic E-state index is -4.75. The van der Waals surface area contributed by atoms with Gasteiger partial charge in [-0.05, 0) is 42.2 Å². The van der Waals surface area contributed by atoms with Gasteiger partial charge in [0.1, 0.15) is 11.4 Å². The molecule has 3 heterocycles.